The zero-order valence-corrected chi connectivity index (χ0v) is 10.9. The van der Waals surface area contributed by atoms with E-state index in [0.29, 0.717) is 5.88 Å². The molecule has 1 aromatic carbocycles. The average molecular weight is 238 g/mol. The van der Waals surface area contributed by atoms with Crippen LogP contribution >= 0.6 is 11.6 Å². The molecule has 0 bridgehead atoms. The Morgan fingerprint density at radius 2 is 2.12 bits per heavy atom. The van der Waals surface area contributed by atoms with Gasteiger partial charge in [-0.05, 0) is 44.2 Å². The zero-order chi connectivity index (χ0) is 11.5. The first-order chi connectivity index (χ1) is 7.74. The third kappa shape index (κ3) is 2.70. The van der Waals surface area contributed by atoms with Gasteiger partial charge in [0.2, 0.25) is 0 Å². The zero-order valence-electron chi connectivity index (χ0n) is 10.2. The summed E-state index contributed by atoms with van der Waals surface area (Å²) < 4.78 is 0. The van der Waals surface area contributed by atoms with E-state index in [0.717, 1.165) is 12.5 Å². The smallest absolute Gasteiger partial charge is 0.0494 e. The van der Waals surface area contributed by atoms with Gasteiger partial charge in [0.1, 0.15) is 0 Å². The number of aryl methyl sites for hydroxylation is 1. The minimum atomic E-state index is 0.609. The molecule has 1 aliphatic rings. The Balaban J connectivity index is 2.21. The molecule has 0 heterocycles. The molecule has 0 N–H and O–H groups in total. The summed E-state index contributed by atoms with van der Waals surface area (Å²) in [4.78, 5) is 2.47. The van der Waals surface area contributed by atoms with Crippen LogP contribution in [0.1, 0.15) is 30.9 Å². The maximum atomic E-state index is 6.03. The lowest BCUT2D eigenvalue weighted by atomic mass is 10.1. The van der Waals surface area contributed by atoms with Crippen molar-refractivity contribution in [3.8, 4) is 0 Å². The number of hydrogen-bond donors (Lipinski definition) is 0. The van der Waals surface area contributed by atoms with E-state index in [1.807, 2.05) is 0 Å². The Morgan fingerprint density at radius 3 is 2.69 bits per heavy atom. The largest absolute Gasteiger partial charge is 0.371 e. The highest BCUT2D eigenvalue weighted by molar-refractivity contribution is 6.17. The van der Waals surface area contributed by atoms with Gasteiger partial charge in [-0.2, -0.15) is 0 Å². The standard InChI is InChI=1S/C14H20ClN/c1-3-16(10-12-5-6-12)14-7-4-11(2)8-13(14)9-15/h4,7-8,12H,3,5-6,9-10H2,1-2H3. The van der Waals surface area contributed by atoms with Crippen molar-refractivity contribution in [2.75, 3.05) is 18.0 Å². The molecule has 0 aliphatic heterocycles. The molecule has 0 atom stereocenters. The molecule has 0 aromatic heterocycles. The first kappa shape index (κ1) is 11.8. The first-order valence-corrected chi connectivity index (χ1v) is 6.68. The predicted octanol–water partition coefficient (Wildman–Crippen LogP) is 3.97. The first-order valence-electron chi connectivity index (χ1n) is 6.15. The summed E-state index contributed by atoms with van der Waals surface area (Å²) in [5, 5.41) is 0. The van der Waals surface area contributed by atoms with Crippen molar-refractivity contribution in [3.63, 3.8) is 0 Å². The quantitative estimate of drug-likeness (QED) is 0.701. The van der Waals surface area contributed by atoms with Gasteiger partial charge >= 0.3 is 0 Å². The summed E-state index contributed by atoms with van der Waals surface area (Å²) in [5.74, 6) is 1.53. The molecule has 1 nitrogen and oxygen atoms in total. The van der Waals surface area contributed by atoms with Crippen molar-refractivity contribution in [1.82, 2.24) is 0 Å². The van der Waals surface area contributed by atoms with Gasteiger partial charge in [-0.15, -0.1) is 11.6 Å². The highest BCUT2D eigenvalue weighted by Crippen LogP contribution is 2.32. The molecule has 0 spiro atoms. The highest BCUT2D eigenvalue weighted by atomic mass is 35.5. The Morgan fingerprint density at radius 1 is 1.38 bits per heavy atom. The molecular formula is C14H20ClN. The molecule has 1 fully saturated rings. The van der Waals surface area contributed by atoms with Gasteiger partial charge in [-0.1, -0.05) is 17.7 Å². The van der Waals surface area contributed by atoms with Crippen LogP contribution in [0, 0.1) is 12.8 Å². The maximum absolute atomic E-state index is 6.03. The van der Waals surface area contributed by atoms with Gasteiger partial charge in [0.25, 0.3) is 0 Å². The van der Waals surface area contributed by atoms with Crippen LogP contribution in [0.2, 0.25) is 0 Å². The van der Waals surface area contributed by atoms with Gasteiger partial charge in [-0.3, -0.25) is 0 Å². The molecule has 88 valence electrons. The Labute approximate surface area is 103 Å². The van der Waals surface area contributed by atoms with Crippen LogP contribution < -0.4 is 4.90 Å². The fraction of sp³-hybridized carbons (Fsp3) is 0.571. The summed E-state index contributed by atoms with van der Waals surface area (Å²) in [6, 6.07) is 6.61. The minimum Gasteiger partial charge on any atom is -0.371 e. The number of alkyl halides is 1. The molecule has 16 heavy (non-hydrogen) atoms. The van der Waals surface area contributed by atoms with Crippen LogP contribution in [0.4, 0.5) is 5.69 Å². The van der Waals surface area contributed by atoms with Crippen molar-refractivity contribution in [2.45, 2.75) is 32.6 Å². The summed E-state index contributed by atoms with van der Waals surface area (Å²) >= 11 is 6.03. The summed E-state index contributed by atoms with van der Waals surface area (Å²) in [5.41, 5.74) is 3.89. The van der Waals surface area contributed by atoms with Crippen molar-refractivity contribution >= 4 is 17.3 Å². The SMILES string of the molecule is CCN(CC1CC1)c1ccc(C)cc1CCl. The molecule has 0 amide bonds. The van der Waals surface area contributed by atoms with Crippen LogP contribution in [0.5, 0.6) is 0 Å². The lowest BCUT2D eigenvalue weighted by Gasteiger charge is -2.25. The molecule has 1 aliphatic carbocycles. The lowest BCUT2D eigenvalue weighted by molar-refractivity contribution is 0.739. The molecule has 1 saturated carbocycles. The fourth-order valence-corrected chi connectivity index (χ4v) is 2.35. The molecule has 1 aromatic rings. The van der Waals surface area contributed by atoms with E-state index in [1.165, 1.54) is 36.2 Å². The molecule has 0 unspecified atom stereocenters. The van der Waals surface area contributed by atoms with Gasteiger partial charge in [0.15, 0.2) is 0 Å². The second-order valence-corrected chi connectivity index (χ2v) is 5.02. The van der Waals surface area contributed by atoms with Crippen molar-refractivity contribution in [1.29, 1.82) is 0 Å². The number of hydrogen-bond acceptors (Lipinski definition) is 1. The Kier molecular flexibility index (Phi) is 3.75. The number of benzene rings is 1. The molecule has 2 heteroatoms. The third-order valence-corrected chi connectivity index (χ3v) is 3.56. The van der Waals surface area contributed by atoms with Crippen LogP contribution in [-0.4, -0.2) is 13.1 Å². The van der Waals surface area contributed by atoms with Crippen molar-refractivity contribution in [3.05, 3.63) is 29.3 Å². The van der Waals surface area contributed by atoms with Gasteiger partial charge in [-0.25, -0.2) is 0 Å². The fourth-order valence-electron chi connectivity index (χ4n) is 2.14. The number of rotatable bonds is 5. The van der Waals surface area contributed by atoms with Gasteiger partial charge < -0.3 is 4.90 Å². The van der Waals surface area contributed by atoms with Crippen LogP contribution in [-0.2, 0) is 5.88 Å². The van der Waals surface area contributed by atoms with Crippen molar-refractivity contribution < 1.29 is 0 Å². The lowest BCUT2D eigenvalue weighted by Crippen LogP contribution is -2.26. The normalized spacial score (nSPS) is 15.2. The maximum Gasteiger partial charge on any atom is 0.0494 e. The van der Waals surface area contributed by atoms with Crippen LogP contribution in [0.25, 0.3) is 0 Å². The van der Waals surface area contributed by atoms with E-state index >= 15 is 0 Å². The number of halogens is 1. The Hall–Kier alpha value is -0.690. The minimum absolute atomic E-state index is 0.609. The summed E-state index contributed by atoms with van der Waals surface area (Å²) in [7, 11) is 0. The second-order valence-electron chi connectivity index (χ2n) is 4.75. The van der Waals surface area contributed by atoms with Gasteiger partial charge in [0, 0.05) is 24.7 Å². The van der Waals surface area contributed by atoms with Crippen molar-refractivity contribution in [2.24, 2.45) is 5.92 Å². The topological polar surface area (TPSA) is 3.24 Å². The Bertz CT molecular complexity index is 358. The molecule has 2 rings (SSSR count). The monoisotopic (exact) mass is 237 g/mol. The molecule has 0 radical (unpaired) electrons. The van der Waals surface area contributed by atoms with E-state index in [9.17, 15) is 0 Å². The summed E-state index contributed by atoms with van der Waals surface area (Å²) in [6.45, 7) is 6.62. The van der Waals surface area contributed by atoms with E-state index in [4.69, 9.17) is 11.6 Å². The van der Waals surface area contributed by atoms with E-state index in [-0.39, 0.29) is 0 Å². The predicted molar refractivity (Wildman–Crippen MR) is 71.3 cm³/mol. The summed E-state index contributed by atoms with van der Waals surface area (Å²) in [6.07, 6.45) is 2.80. The number of nitrogens with zero attached hydrogens (tertiary/aromatic N) is 1. The van der Waals surface area contributed by atoms with E-state index in [2.05, 4.69) is 36.9 Å². The van der Waals surface area contributed by atoms with Crippen LogP contribution in [0.3, 0.4) is 0 Å². The third-order valence-electron chi connectivity index (χ3n) is 3.28. The highest BCUT2D eigenvalue weighted by Gasteiger charge is 2.24. The van der Waals surface area contributed by atoms with E-state index in [1.54, 1.807) is 0 Å². The molecular weight excluding hydrogens is 218 g/mol. The molecule has 0 saturated heterocycles. The number of anilines is 1. The van der Waals surface area contributed by atoms with E-state index < -0.39 is 0 Å². The average Bonchev–Trinajstić information content (AvgIpc) is 3.10. The van der Waals surface area contributed by atoms with Crippen LogP contribution in [0.15, 0.2) is 18.2 Å². The van der Waals surface area contributed by atoms with Gasteiger partial charge in [0.05, 0.1) is 0 Å². The second kappa shape index (κ2) is 5.09.